The normalized spacial score (nSPS) is 12.5. The lowest BCUT2D eigenvalue weighted by atomic mass is 10.3. The SMILES string of the molecule is C#CCS(=O)(=O)C(C)C(=O)Nc1ccccc1Cl. The molecule has 0 spiro atoms. The topological polar surface area (TPSA) is 63.2 Å². The van der Waals surface area contributed by atoms with Crippen LogP contribution in [0.5, 0.6) is 0 Å². The van der Waals surface area contributed by atoms with Crippen molar-refractivity contribution in [2.24, 2.45) is 0 Å². The van der Waals surface area contributed by atoms with Gasteiger partial charge < -0.3 is 5.32 Å². The van der Waals surface area contributed by atoms with Crippen LogP contribution >= 0.6 is 11.6 Å². The van der Waals surface area contributed by atoms with Gasteiger partial charge in [0.2, 0.25) is 5.91 Å². The molecular weight excluding hydrogens is 274 g/mol. The molecule has 96 valence electrons. The van der Waals surface area contributed by atoms with Gasteiger partial charge in [-0.15, -0.1) is 6.42 Å². The highest BCUT2D eigenvalue weighted by Gasteiger charge is 2.27. The lowest BCUT2D eigenvalue weighted by Crippen LogP contribution is -2.33. The lowest BCUT2D eigenvalue weighted by molar-refractivity contribution is -0.115. The Morgan fingerprint density at radius 2 is 2.11 bits per heavy atom. The Hall–Kier alpha value is -1.51. The molecule has 0 saturated heterocycles. The Morgan fingerprint density at radius 3 is 2.67 bits per heavy atom. The van der Waals surface area contributed by atoms with E-state index in [1.165, 1.54) is 6.92 Å². The van der Waals surface area contributed by atoms with Gasteiger partial charge in [-0.05, 0) is 19.1 Å². The largest absolute Gasteiger partial charge is 0.324 e. The molecule has 4 nitrogen and oxygen atoms in total. The number of hydrogen-bond donors (Lipinski definition) is 1. The van der Waals surface area contributed by atoms with Gasteiger partial charge >= 0.3 is 0 Å². The maximum absolute atomic E-state index is 11.8. The molecule has 0 bridgehead atoms. The molecule has 0 aliphatic rings. The minimum absolute atomic E-state index is 0.340. The predicted molar refractivity (Wildman–Crippen MR) is 72.2 cm³/mol. The summed E-state index contributed by atoms with van der Waals surface area (Å²) in [6.07, 6.45) is 4.95. The van der Waals surface area contributed by atoms with Gasteiger partial charge in [0.05, 0.1) is 10.7 Å². The molecule has 1 aromatic carbocycles. The second-order valence-electron chi connectivity index (χ2n) is 3.62. The summed E-state index contributed by atoms with van der Waals surface area (Å²) in [6.45, 7) is 1.29. The number of carbonyl (C=O) groups excluding carboxylic acids is 1. The van der Waals surface area contributed by atoms with E-state index in [2.05, 4.69) is 5.32 Å². The van der Waals surface area contributed by atoms with Crippen molar-refractivity contribution in [3.8, 4) is 12.3 Å². The standard InChI is InChI=1S/C12H12ClNO3S/c1-3-8-18(16,17)9(2)12(15)14-11-7-5-4-6-10(11)13/h1,4-7,9H,8H2,2H3,(H,14,15). The molecule has 0 aliphatic heterocycles. The zero-order valence-corrected chi connectivity index (χ0v) is 11.3. The van der Waals surface area contributed by atoms with Gasteiger partial charge in [-0.2, -0.15) is 0 Å². The van der Waals surface area contributed by atoms with Crippen molar-refractivity contribution in [3.05, 3.63) is 29.3 Å². The summed E-state index contributed by atoms with van der Waals surface area (Å²) in [5.41, 5.74) is 0.368. The minimum atomic E-state index is -3.63. The van der Waals surface area contributed by atoms with Crippen LogP contribution < -0.4 is 5.32 Å². The molecule has 6 heteroatoms. The van der Waals surface area contributed by atoms with Gasteiger partial charge in [-0.25, -0.2) is 8.42 Å². The van der Waals surface area contributed by atoms with E-state index < -0.39 is 26.7 Å². The predicted octanol–water partition coefficient (Wildman–Crippen LogP) is 1.71. The van der Waals surface area contributed by atoms with Crippen LogP contribution in [-0.4, -0.2) is 25.3 Å². The van der Waals surface area contributed by atoms with Crippen molar-refractivity contribution in [3.63, 3.8) is 0 Å². The number of rotatable bonds is 4. The van der Waals surface area contributed by atoms with E-state index in [0.717, 1.165) is 0 Å². The zero-order chi connectivity index (χ0) is 13.8. The molecule has 0 aromatic heterocycles. The average Bonchev–Trinajstić information content (AvgIpc) is 2.31. The van der Waals surface area contributed by atoms with Gasteiger partial charge in [0, 0.05) is 0 Å². The third kappa shape index (κ3) is 3.49. The first-order valence-corrected chi connectivity index (χ1v) is 7.18. The van der Waals surface area contributed by atoms with Crippen molar-refractivity contribution >= 4 is 33.0 Å². The molecule has 0 aliphatic carbocycles. The summed E-state index contributed by atoms with van der Waals surface area (Å²) in [5.74, 6) is 0.903. The molecule has 18 heavy (non-hydrogen) atoms. The summed E-state index contributed by atoms with van der Waals surface area (Å²) in [4.78, 5) is 11.8. The van der Waals surface area contributed by atoms with Crippen LogP contribution in [0.4, 0.5) is 5.69 Å². The van der Waals surface area contributed by atoms with Crippen molar-refractivity contribution in [1.29, 1.82) is 0 Å². The van der Waals surface area contributed by atoms with Gasteiger partial charge in [-0.3, -0.25) is 4.79 Å². The number of anilines is 1. The number of terminal acetylenes is 1. The molecule has 1 aromatic rings. The van der Waals surface area contributed by atoms with E-state index in [9.17, 15) is 13.2 Å². The maximum atomic E-state index is 11.8. The van der Waals surface area contributed by atoms with E-state index in [1.807, 2.05) is 5.92 Å². The third-order valence-corrected chi connectivity index (χ3v) is 4.51. The Balaban J connectivity index is 2.85. The van der Waals surface area contributed by atoms with Gasteiger partial charge in [0.1, 0.15) is 11.0 Å². The first-order valence-electron chi connectivity index (χ1n) is 5.09. The number of amides is 1. The summed E-state index contributed by atoms with van der Waals surface area (Å²) >= 11 is 5.85. The molecule has 1 rings (SSSR count). The number of nitrogens with one attached hydrogen (secondary N) is 1. The highest BCUT2D eigenvalue weighted by molar-refractivity contribution is 7.93. The summed E-state index contributed by atoms with van der Waals surface area (Å²) < 4.78 is 23.2. The molecule has 1 atom stereocenters. The van der Waals surface area contributed by atoms with Crippen molar-refractivity contribution in [2.45, 2.75) is 12.2 Å². The van der Waals surface area contributed by atoms with Crippen LogP contribution in [-0.2, 0) is 14.6 Å². The average molecular weight is 286 g/mol. The van der Waals surface area contributed by atoms with Crippen LogP contribution in [0.2, 0.25) is 5.02 Å². The van der Waals surface area contributed by atoms with E-state index in [0.29, 0.717) is 10.7 Å². The van der Waals surface area contributed by atoms with E-state index >= 15 is 0 Å². The van der Waals surface area contributed by atoms with Crippen LogP contribution in [0, 0.1) is 12.3 Å². The highest BCUT2D eigenvalue weighted by Crippen LogP contribution is 2.21. The van der Waals surface area contributed by atoms with Crippen LogP contribution in [0.3, 0.4) is 0 Å². The molecule has 0 heterocycles. The lowest BCUT2D eigenvalue weighted by Gasteiger charge is -2.12. The fourth-order valence-corrected chi connectivity index (χ4v) is 2.25. The number of halogens is 1. The number of sulfone groups is 1. The van der Waals surface area contributed by atoms with E-state index in [-0.39, 0.29) is 0 Å². The van der Waals surface area contributed by atoms with Crippen molar-refractivity contribution in [1.82, 2.24) is 0 Å². The number of hydrogen-bond acceptors (Lipinski definition) is 3. The van der Waals surface area contributed by atoms with Gasteiger partial charge in [0.25, 0.3) is 0 Å². The fourth-order valence-electron chi connectivity index (χ4n) is 1.20. The van der Waals surface area contributed by atoms with Gasteiger partial charge in [0.15, 0.2) is 9.84 Å². The van der Waals surface area contributed by atoms with Crippen molar-refractivity contribution in [2.75, 3.05) is 11.1 Å². The highest BCUT2D eigenvalue weighted by atomic mass is 35.5. The van der Waals surface area contributed by atoms with Crippen LogP contribution in [0.1, 0.15) is 6.92 Å². The summed E-state index contributed by atoms with van der Waals surface area (Å²) in [7, 11) is -3.63. The first kappa shape index (κ1) is 14.6. The fraction of sp³-hybridized carbons (Fsp3) is 0.250. The minimum Gasteiger partial charge on any atom is -0.324 e. The Bertz CT molecular complexity index is 590. The molecule has 1 N–H and O–H groups in total. The Labute approximate surface area is 111 Å². The first-order chi connectivity index (χ1) is 8.38. The Morgan fingerprint density at radius 1 is 1.50 bits per heavy atom. The maximum Gasteiger partial charge on any atom is 0.242 e. The quantitative estimate of drug-likeness (QED) is 0.857. The van der Waals surface area contributed by atoms with Crippen LogP contribution in [0.25, 0.3) is 0 Å². The second-order valence-corrected chi connectivity index (χ2v) is 6.35. The molecule has 0 radical (unpaired) electrons. The molecule has 1 amide bonds. The number of benzene rings is 1. The number of carbonyl (C=O) groups is 1. The molecule has 0 saturated carbocycles. The smallest absolute Gasteiger partial charge is 0.242 e. The zero-order valence-electron chi connectivity index (χ0n) is 9.68. The van der Waals surface area contributed by atoms with Gasteiger partial charge in [-0.1, -0.05) is 29.7 Å². The molecular formula is C12H12ClNO3S. The monoisotopic (exact) mass is 285 g/mol. The van der Waals surface area contributed by atoms with E-state index in [1.54, 1.807) is 24.3 Å². The number of para-hydroxylation sites is 1. The van der Waals surface area contributed by atoms with Crippen LogP contribution in [0.15, 0.2) is 24.3 Å². The Kier molecular flexibility index (Phi) is 4.76. The molecule has 1 unspecified atom stereocenters. The third-order valence-electron chi connectivity index (χ3n) is 2.32. The second kappa shape index (κ2) is 5.89. The summed E-state index contributed by atoms with van der Waals surface area (Å²) in [6, 6.07) is 6.57. The summed E-state index contributed by atoms with van der Waals surface area (Å²) in [5, 5.41) is 1.58. The van der Waals surface area contributed by atoms with Crippen molar-refractivity contribution < 1.29 is 13.2 Å². The molecule has 0 fully saturated rings. The van der Waals surface area contributed by atoms with E-state index in [4.69, 9.17) is 18.0 Å².